The highest BCUT2D eigenvalue weighted by atomic mass is 35.5. The first-order valence-corrected chi connectivity index (χ1v) is 13.8. The van der Waals surface area contributed by atoms with Crippen molar-refractivity contribution >= 4 is 29.4 Å². The molecule has 9 nitrogen and oxygen atoms in total. The molecular formula is C31H30ClFN4O5. The van der Waals surface area contributed by atoms with Gasteiger partial charge in [-0.05, 0) is 49.2 Å². The fourth-order valence-electron chi connectivity index (χ4n) is 4.80. The van der Waals surface area contributed by atoms with Gasteiger partial charge in [-0.2, -0.15) is 0 Å². The lowest BCUT2D eigenvalue weighted by Crippen LogP contribution is -2.42. The number of imidazole rings is 1. The molecule has 0 saturated carbocycles. The minimum Gasteiger partial charge on any atom is -0.493 e. The number of carbonyl (C=O) groups is 2. The molecule has 11 heteroatoms. The lowest BCUT2D eigenvalue weighted by molar-refractivity contribution is -0.117. The molecule has 1 N–H and O–H groups in total. The molecule has 3 aromatic carbocycles. The molecule has 0 bridgehead atoms. The zero-order valence-electron chi connectivity index (χ0n) is 23.2. The van der Waals surface area contributed by atoms with Gasteiger partial charge in [0.15, 0.2) is 11.5 Å². The van der Waals surface area contributed by atoms with Crippen molar-refractivity contribution in [3.05, 3.63) is 89.3 Å². The Bertz CT molecular complexity index is 1570. The first-order valence-electron chi connectivity index (χ1n) is 13.4. The van der Waals surface area contributed by atoms with Gasteiger partial charge in [0.2, 0.25) is 11.9 Å². The highest BCUT2D eigenvalue weighted by Gasteiger charge is 2.27. The molecule has 1 aliphatic heterocycles. The van der Waals surface area contributed by atoms with E-state index in [2.05, 4.69) is 10.3 Å². The number of aromatic nitrogens is 2. The summed E-state index contributed by atoms with van der Waals surface area (Å²) in [7, 11) is 3.08. The molecule has 1 aromatic heterocycles. The Hall–Kier alpha value is -4.41. The molecular weight excluding hydrogens is 563 g/mol. The SMILES string of the molecule is COc1ccc(-n2cc(-c3ccc(Cl)cc3)nc2NC(=O)CN(C[C@H]2CCCO2)C(=O)c2ccccc2F)cc1OC. The van der Waals surface area contributed by atoms with Crippen molar-refractivity contribution in [3.8, 4) is 28.4 Å². The van der Waals surface area contributed by atoms with E-state index in [1.54, 1.807) is 54.3 Å². The Morgan fingerprint density at radius 2 is 1.86 bits per heavy atom. The molecule has 1 fully saturated rings. The van der Waals surface area contributed by atoms with Gasteiger partial charge in [0.25, 0.3) is 5.91 Å². The standard InChI is InChI=1S/C31H30ClFN4O5/c1-40-27-14-13-22(16-28(27)41-2)37-18-26(20-9-11-21(32)12-10-20)34-31(37)35-29(38)19-36(17-23-6-5-15-42-23)30(39)24-7-3-4-8-25(24)33/h3-4,7-14,16,18,23H,5-6,15,17,19H2,1-2H3,(H,34,35,38)/t23-/m1/s1. The van der Waals surface area contributed by atoms with Gasteiger partial charge in [-0.3, -0.25) is 19.5 Å². The lowest BCUT2D eigenvalue weighted by atomic mass is 10.1. The maximum atomic E-state index is 14.5. The minimum atomic E-state index is -0.656. The summed E-state index contributed by atoms with van der Waals surface area (Å²) in [6.07, 6.45) is 3.14. The smallest absolute Gasteiger partial charge is 0.257 e. The summed E-state index contributed by atoms with van der Waals surface area (Å²) in [5.41, 5.74) is 1.90. The molecule has 2 heterocycles. The number of methoxy groups -OCH3 is 2. The number of nitrogens with zero attached hydrogens (tertiary/aromatic N) is 3. The second-order valence-electron chi connectivity index (χ2n) is 9.71. The van der Waals surface area contributed by atoms with Crippen LogP contribution in [0.4, 0.5) is 10.3 Å². The van der Waals surface area contributed by atoms with Crippen molar-refractivity contribution in [1.82, 2.24) is 14.5 Å². The van der Waals surface area contributed by atoms with Gasteiger partial charge in [-0.1, -0.05) is 35.9 Å². The average molecular weight is 593 g/mol. The molecule has 0 aliphatic carbocycles. The third kappa shape index (κ3) is 6.56. The van der Waals surface area contributed by atoms with E-state index in [0.29, 0.717) is 34.5 Å². The Labute approximate surface area is 247 Å². The molecule has 42 heavy (non-hydrogen) atoms. The van der Waals surface area contributed by atoms with E-state index in [4.69, 9.17) is 25.8 Å². The van der Waals surface area contributed by atoms with Crippen molar-refractivity contribution in [2.45, 2.75) is 18.9 Å². The van der Waals surface area contributed by atoms with Crippen LogP contribution in [0.2, 0.25) is 5.02 Å². The second kappa shape index (κ2) is 13.1. The maximum absolute atomic E-state index is 14.5. The molecule has 5 rings (SSSR count). The first-order chi connectivity index (χ1) is 20.4. The summed E-state index contributed by atoms with van der Waals surface area (Å²) < 4.78 is 32.8. The topological polar surface area (TPSA) is 94.9 Å². The Kier molecular flexibility index (Phi) is 9.04. The number of rotatable bonds is 10. The number of anilines is 1. The van der Waals surface area contributed by atoms with Gasteiger partial charge in [0, 0.05) is 36.0 Å². The van der Waals surface area contributed by atoms with Crippen molar-refractivity contribution in [2.75, 3.05) is 39.2 Å². The molecule has 2 amide bonds. The first kappa shape index (κ1) is 29.1. The van der Waals surface area contributed by atoms with Gasteiger partial charge in [0.05, 0.1) is 37.3 Å². The van der Waals surface area contributed by atoms with Crippen LogP contribution in [0.15, 0.2) is 72.9 Å². The average Bonchev–Trinajstić information content (AvgIpc) is 3.67. The number of benzene rings is 3. The summed E-state index contributed by atoms with van der Waals surface area (Å²) >= 11 is 6.08. The van der Waals surface area contributed by atoms with Crippen LogP contribution < -0.4 is 14.8 Å². The third-order valence-corrected chi connectivity index (χ3v) is 7.17. The normalized spacial score (nSPS) is 14.4. The predicted octanol–water partition coefficient (Wildman–Crippen LogP) is 5.61. The van der Waals surface area contributed by atoms with Crippen molar-refractivity contribution in [3.63, 3.8) is 0 Å². The summed E-state index contributed by atoms with van der Waals surface area (Å²) in [4.78, 5) is 32.8. The van der Waals surface area contributed by atoms with Crippen molar-refractivity contribution < 1.29 is 28.2 Å². The fourth-order valence-corrected chi connectivity index (χ4v) is 4.92. The summed E-state index contributed by atoms with van der Waals surface area (Å²) in [6.45, 7) is 0.400. The predicted molar refractivity (Wildman–Crippen MR) is 157 cm³/mol. The van der Waals surface area contributed by atoms with Crippen LogP contribution in [-0.2, 0) is 9.53 Å². The zero-order chi connectivity index (χ0) is 29.6. The zero-order valence-corrected chi connectivity index (χ0v) is 23.9. The Morgan fingerprint density at radius 3 is 2.55 bits per heavy atom. The van der Waals surface area contributed by atoms with Crippen LogP contribution in [0.1, 0.15) is 23.2 Å². The quantitative estimate of drug-likeness (QED) is 0.257. The largest absolute Gasteiger partial charge is 0.493 e. The van der Waals surface area contributed by atoms with Crippen LogP contribution in [0.5, 0.6) is 11.5 Å². The van der Waals surface area contributed by atoms with Crippen LogP contribution in [-0.4, -0.2) is 66.3 Å². The summed E-state index contributed by atoms with van der Waals surface area (Å²) in [6, 6.07) is 18.2. The second-order valence-corrected chi connectivity index (χ2v) is 10.2. The Balaban J connectivity index is 1.46. The minimum absolute atomic E-state index is 0.111. The number of amides is 2. The monoisotopic (exact) mass is 592 g/mol. The molecule has 1 atom stereocenters. The fraction of sp³-hybridized carbons (Fsp3) is 0.258. The van der Waals surface area contributed by atoms with Crippen LogP contribution in [0.25, 0.3) is 16.9 Å². The third-order valence-electron chi connectivity index (χ3n) is 6.92. The van der Waals surface area contributed by atoms with Crippen molar-refractivity contribution in [2.24, 2.45) is 0 Å². The van der Waals surface area contributed by atoms with Crippen LogP contribution in [0, 0.1) is 5.82 Å². The highest BCUT2D eigenvalue weighted by molar-refractivity contribution is 6.30. The number of nitrogens with one attached hydrogen (secondary N) is 1. The number of carbonyl (C=O) groups excluding carboxylic acids is 2. The maximum Gasteiger partial charge on any atom is 0.257 e. The molecule has 218 valence electrons. The van der Waals surface area contributed by atoms with E-state index < -0.39 is 17.6 Å². The highest BCUT2D eigenvalue weighted by Crippen LogP contribution is 2.32. The van der Waals surface area contributed by atoms with Gasteiger partial charge in [-0.15, -0.1) is 0 Å². The van der Waals surface area contributed by atoms with Gasteiger partial charge in [-0.25, -0.2) is 9.37 Å². The van der Waals surface area contributed by atoms with E-state index in [1.807, 2.05) is 12.1 Å². The molecule has 0 radical (unpaired) electrons. The van der Waals surface area contributed by atoms with Crippen LogP contribution >= 0.6 is 11.6 Å². The molecule has 4 aromatic rings. The molecule has 1 aliphatic rings. The van der Waals surface area contributed by atoms with Gasteiger partial charge in [0.1, 0.15) is 12.4 Å². The summed E-state index contributed by atoms with van der Waals surface area (Å²) in [5.74, 6) is -0.505. The lowest BCUT2D eigenvalue weighted by Gasteiger charge is -2.25. The Morgan fingerprint density at radius 1 is 1.10 bits per heavy atom. The molecule has 0 spiro atoms. The molecule has 0 unspecified atom stereocenters. The van der Waals surface area contributed by atoms with E-state index in [9.17, 15) is 14.0 Å². The van der Waals surface area contributed by atoms with Crippen LogP contribution in [0.3, 0.4) is 0 Å². The number of hydrogen-bond acceptors (Lipinski definition) is 6. The van der Waals surface area contributed by atoms with Gasteiger partial charge >= 0.3 is 0 Å². The number of ether oxygens (including phenoxy) is 3. The van der Waals surface area contributed by atoms with Crippen molar-refractivity contribution in [1.29, 1.82) is 0 Å². The van der Waals surface area contributed by atoms with E-state index in [-0.39, 0.29) is 30.7 Å². The van der Waals surface area contributed by atoms with E-state index >= 15 is 0 Å². The summed E-state index contributed by atoms with van der Waals surface area (Å²) in [5, 5.41) is 3.42. The molecule has 1 saturated heterocycles. The van der Waals surface area contributed by atoms with E-state index in [1.165, 1.54) is 30.2 Å². The number of halogens is 2. The van der Waals surface area contributed by atoms with E-state index in [0.717, 1.165) is 18.4 Å². The van der Waals surface area contributed by atoms with Gasteiger partial charge < -0.3 is 19.1 Å². The number of hydrogen-bond donors (Lipinski definition) is 1.